The summed E-state index contributed by atoms with van der Waals surface area (Å²) >= 11 is 1.41. The van der Waals surface area contributed by atoms with Crippen molar-refractivity contribution in [3.63, 3.8) is 0 Å². The molecule has 1 aliphatic rings. The molecule has 0 atom stereocenters. The average Bonchev–Trinajstić information content (AvgIpc) is 3.30. The summed E-state index contributed by atoms with van der Waals surface area (Å²) in [6, 6.07) is 9.98. The Kier molecular flexibility index (Phi) is 4.87. The number of nitrogens with zero attached hydrogens (tertiary/aromatic N) is 6. The summed E-state index contributed by atoms with van der Waals surface area (Å²) in [6.07, 6.45) is 2.59. The topological polar surface area (TPSA) is 90.9 Å². The molecule has 1 fully saturated rings. The van der Waals surface area contributed by atoms with Crippen molar-refractivity contribution in [1.82, 2.24) is 29.4 Å². The summed E-state index contributed by atoms with van der Waals surface area (Å²) in [4.78, 5) is 25.3. The fourth-order valence-electron chi connectivity index (χ4n) is 2.98. The average molecular weight is 369 g/mol. The van der Waals surface area contributed by atoms with E-state index in [9.17, 15) is 4.79 Å². The number of benzene rings is 1. The van der Waals surface area contributed by atoms with E-state index >= 15 is 0 Å². The van der Waals surface area contributed by atoms with Crippen LogP contribution in [0.3, 0.4) is 0 Å². The fraction of sp³-hybridized carbons (Fsp3) is 0.353. The number of nitrogens with one attached hydrogen (secondary N) is 1. The first-order valence-corrected chi connectivity index (χ1v) is 9.33. The summed E-state index contributed by atoms with van der Waals surface area (Å²) in [6.45, 7) is 3.04. The number of aromatic amines is 1. The minimum atomic E-state index is 0.0749. The fourth-order valence-corrected chi connectivity index (χ4v) is 3.72. The SMILES string of the molecule is O=C(Cc1ncn[nH]1)N1CCCN(c2nc(-c3ccccc3)ns2)CC1. The monoisotopic (exact) mass is 369 g/mol. The first-order valence-electron chi connectivity index (χ1n) is 8.56. The van der Waals surface area contributed by atoms with Gasteiger partial charge in [0.25, 0.3) is 0 Å². The van der Waals surface area contributed by atoms with E-state index in [0.717, 1.165) is 42.6 Å². The van der Waals surface area contributed by atoms with Crippen molar-refractivity contribution in [2.75, 3.05) is 31.1 Å². The highest BCUT2D eigenvalue weighted by Crippen LogP contribution is 2.24. The number of hydrogen-bond donors (Lipinski definition) is 1. The largest absolute Gasteiger partial charge is 0.345 e. The van der Waals surface area contributed by atoms with E-state index in [2.05, 4.69) is 29.4 Å². The van der Waals surface area contributed by atoms with Crippen LogP contribution < -0.4 is 4.90 Å². The third kappa shape index (κ3) is 3.72. The Balaban J connectivity index is 1.39. The first kappa shape index (κ1) is 16.6. The predicted molar refractivity (Wildman–Crippen MR) is 98.8 cm³/mol. The number of anilines is 1. The Labute approximate surface area is 155 Å². The molecule has 134 valence electrons. The highest BCUT2D eigenvalue weighted by atomic mass is 32.1. The van der Waals surface area contributed by atoms with Gasteiger partial charge in [-0.2, -0.15) is 14.5 Å². The van der Waals surface area contributed by atoms with Crippen molar-refractivity contribution in [1.29, 1.82) is 0 Å². The second-order valence-electron chi connectivity index (χ2n) is 6.10. The molecule has 1 aromatic carbocycles. The summed E-state index contributed by atoms with van der Waals surface area (Å²) in [5.41, 5.74) is 1.02. The minimum Gasteiger partial charge on any atom is -0.345 e. The van der Waals surface area contributed by atoms with Crippen LogP contribution in [0.15, 0.2) is 36.7 Å². The Bertz CT molecular complexity index is 849. The number of aromatic nitrogens is 5. The molecule has 0 spiro atoms. The van der Waals surface area contributed by atoms with Crippen molar-refractivity contribution in [2.45, 2.75) is 12.8 Å². The van der Waals surface area contributed by atoms with Crippen LogP contribution in [0.2, 0.25) is 0 Å². The zero-order valence-corrected chi connectivity index (χ0v) is 15.0. The number of rotatable bonds is 4. The minimum absolute atomic E-state index is 0.0749. The highest BCUT2D eigenvalue weighted by Gasteiger charge is 2.22. The van der Waals surface area contributed by atoms with Crippen molar-refractivity contribution in [2.24, 2.45) is 0 Å². The van der Waals surface area contributed by atoms with Crippen LogP contribution in [-0.2, 0) is 11.2 Å². The highest BCUT2D eigenvalue weighted by molar-refractivity contribution is 7.09. The molecule has 0 bridgehead atoms. The van der Waals surface area contributed by atoms with Crippen molar-refractivity contribution in [3.05, 3.63) is 42.5 Å². The van der Waals surface area contributed by atoms with Gasteiger partial charge in [-0.05, 0) is 6.42 Å². The predicted octanol–water partition coefficient (Wildman–Crippen LogP) is 1.60. The lowest BCUT2D eigenvalue weighted by Crippen LogP contribution is -2.36. The van der Waals surface area contributed by atoms with E-state index < -0.39 is 0 Å². The first-order chi connectivity index (χ1) is 12.8. The molecule has 1 aliphatic heterocycles. The number of carbonyl (C=O) groups is 1. The zero-order valence-electron chi connectivity index (χ0n) is 14.2. The molecule has 0 unspecified atom stereocenters. The molecule has 0 saturated carbocycles. The van der Waals surface area contributed by atoms with Crippen LogP contribution in [0.1, 0.15) is 12.2 Å². The summed E-state index contributed by atoms with van der Waals surface area (Å²) in [7, 11) is 0. The van der Waals surface area contributed by atoms with Crippen molar-refractivity contribution in [3.8, 4) is 11.4 Å². The molecule has 26 heavy (non-hydrogen) atoms. The number of amides is 1. The van der Waals surface area contributed by atoms with Gasteiger partial charge in [0.05, 0.1) is 6.42 Å². The second-order valence-corrected chi connectivity index (χ2v) is 6.83. The van der Waals surface area contributed by atoms with Gasteiger partial charge >= 0.3 is 0 Å². The van der Waals surface area contributed by atoms with Gasteiger partial charge in [-0.15, -0.1) is 0 Å². The van der Waals surface area contributed by atoms with E-state index in [4.69, 9.17) is 0 Å². The maximum Gasteiger partial charge on any atom is 0.230 e. The Morgan fingerprint density at radius 2 is 2.04 bits per heavy atom. The van der Waals surface area contributed by atoms with E-state index in [1.807, 2.05) is 35.2 Å². The molecule has 4 rings (SSSR count). The molecule has 1 saturated heterocycles. The summed E-state index contributed by atoms with van der Waals surface area (Å²) in [5, 5.41) is 7.44. The molecule has 3 heterocycles. The van der Waals surface area contributed by atoms with E-state index in [1.165, 1.54) is 17.9 Å². The molecule has 0 aliphatic carbocycles. The van der Waals surface area contributed by atoms with Crippen LogP contribution in [0.4, 0.5) is 5.13 Å². The smallest absolute Gasteiger partial charge is 0.230 e. The molecular formula is C17H19N7OS. The van der Waals surface area contributed by atoms with E-state index in [0.29, 0.717) is 12.4 Å². The van der Waals surface area contributed by atoms with Gasteiger partial charge in [0.15, 0.2) is 5.82 Å². The van der Waals surface area contributed by atoms with Crippen LogP contribution in [0.5, 0.6) is 0 Å². The number of H-pyrrole nitrogens is 1. The quantitative estimate of drug-likeness (QED) is 0.751. The Morgan fingerprint density at radius 3 is 2.85 bits per heavy atom. The zero-order chi connectivity index (χ0) is 17.8. The molecule has 2 aromatic heterocycles. The molecular weight excluding hydrogens is 350 g/mol. The Morgan fingerprint density at radius 1 is 1.15 bits per heavy atom. The van der Waals surface area contributed by atoms with Crippen LogP contribution in [-0.4, -0.2) is 61.5 Å². The maximum absolute atomic E-state index is 12.4. The summed E-state index contributed by atoms with van der Waals surface area (Å²) < 4.78 is 4.49. The van der Waals surface area contributed by atoms with Crippen molar-refractivity contribution >= 4 is 22.6 Å². The normalized spacial score (nSPS) is 15.1. The number of carbonyl (C=O) groups excluding carboxylic acids is 1. The maximum atomic E-state index is 12.4. The van der Waals surface area contributed by atoms with Gasteiger partial charge in [0.2, 0.25) is 11.0 Å². The van der Waals surface area contributed by atoms with Gasteiger partial charge < -0.3 is 9.80 Å². The van der Waals surface area contributed by atoms with Crippen LogP contribution >= 0.6 is 11.5 Å². The van der Waals surface area contributed by atoms with Gasteiger partial charge in [-0.1, -0.05) is 30.3 Å². The van der Waals surface area contributed by atoms with Gasteiger partial charge in [0.1, 0.15) is 12.2 Å². The standard InChI is InChI=1S/C17H19N7OS/c25-15(11-14-18-12-19-21-14)23-7-4-8-24(10-9-23)17-20-16(22-26-17)13-5-2-1-3-6-13/h1-3,5-6,12H,4,7-11H2,(H,18,19,21). The van der Waals surface area contributed by atoms with Gasteiger partial charge in [-0.25, -0.2) is 4.98 Å². The third-order valence-corrected chi connectivity index (χ3v) is 5.13. The lowest BCUT2D eigenvalue weighted by atomic mass is 10.2. The van der Waals surface area contributed by atoms with Gasteiger partial charge in [-0.3, -0.25) is 9.89 Å². The second kappa shape index (κ2) is 7.61. The van der Waals surface area contributed by atoms with Gasteiger partial charge in [0, 0.05) is 43.3 Å². The lowest BCUT2D eigenvalue weighted by molar-refractivity contribution is -0.130. The molecule has 3 aromatic rings. The molecule has 1 N–H and O–H groups in total. The molecule has 9 heteroatoms. The van der Waals surface area contributed by atoms with Crippen LogP contribution in [0, 0.1) is 0 Å². The van der Waals surface area contributed by atoms with E-state index in [-0.39, 0.29) is 12.3 Å². The molecule has 8 nitrogen and oxygen atoms in total. The van der Waals surface area contributed by atoms with E-state index in [1.54, 1.807) is 0 Å². The Hall–Kier alpha value is -2.81. The number of hydrogen-bond acceptors (Lipinski definition) is 7. The lowest BCUT2D eigenvalue weighted by Gasteiger charge is -2.21. The summed E-state index contributed by atoms with van der Waals surface area (Å²) in [5.74, 6) is 1.44. The third-order valence-electron chi connectivity index (χ3n) is 4.35. The molecule has 1 amide bonds. The molecule has 0 radical (unpaired) electrons. The van der Waals surface area contributed by atoms with Crippen LogP contribution in [0.25, 0.3) is 11.4 Å². The van der Waals surface area contributed by atoms with Crippen molar-refractivity contribution < 1.29 is 4.79 Å².